The van der Waals surface area contributed by atoms with E-state index in [-0.39, 0.29) is 0 Å². The predicted octanol–water partition coefficient (Wildman–Crippen LogP) is 12.5. The number of hydrogen-bond donors (Lipinski definition) is 0. The van der Waals surface area contributed by atoms with Crippen LogP contribution in [-0.2, 0) is 0 Å². The molecule has 2 heteroatoms. The summed E-state index contributed by atoms with van der Waals surface area (Å²) in [4.78, 5) is 0. The Hall–Kier alpha value is -4.92. The standard InChI is InChI=1S/C27H19NS.C8H10.C7H8/c1-17(2)18-11-14-20(15-12-18)28-23-10-6-5-9-22(23)27-26(28)25-21-8-4-3-7-19(21)13-16-24(25)29-27;1-7-5-3-4-6-8(7)2;1-7-5-3-2-4-6-7/h3-16H,1H2,2H3;3-6H,1-2H3;2-6H,1H3. The third kappa shape index (κ3) is 5.82. The van der Waals surface area contributed by atoms with Crippen molar-refractivity contribution in [1.29, 1.82) is 0 Å². The highest BCUT2D eigenvalue weighted by Crippen LogP contribution is 2.44. The fourth-order valence-corrected chi connectivity index (χ4v) is 6.83. The topological polar surface area (TPSA) is 4.93 Å². The first-order chi connectivity index (χ1) is 21.4. The van der Waals surface area contributed by atoms with Crippen LogP contribution in [0.1, 0.15) is 29.2 Å². The molecule has 0 radical (unpaired) electrons. The van der Waals surface area contributed by atoms with Gasteiger partial charge < -0.3 is 4.57 Å². The van der Waals surface area contributed by atoms with E-state index in [9.17, 15) is 0 Å². The molecule has 6 aromatic carbocycles. The summed E-state index contributed by atoms with van der Waals surface area (Å²) in [7, 11) is 0. The van der Waals surface area contributed by atoms with E-state index >= 15 is 0 Å². The maximum absolute atomic E-state index is 4.08. The first-order valence-electron chi connectivity index (χ1n) is 15.1. The van der Waals surface area contributed by atoms with Crippen molar-refractivity contribution >= 4 is 58.9 Å². The van der Waals surface area contributed by atoms with E-state index in [4.69, 9.17) is 0 Å². The Balaban J connectivity index is 0.000000187. The first-order valence-corrected chi connectivity index (χ1v) is 15.9. The highest BCUT2D eigenvalue weighted by molar-refractivity contribution is 7.27. The van der Waals surface area contributed by atoms with Crippen LogP contribution in [-0.4, -0.2) is 4.57 Å². The molecule has 44 heavy (non-hydrogen) atoms. The van der Waals surface area contributed by atoms with Crippen LogP contribution in [0.2, 0.25) is 0 Å². The lowest BCUT2D eigenvalue weighted by atomic mass is 10.1. The Morgan fingerprint density at radius 1 is 0.591 bits per heavy atom. The lowest BCUT2D eigenvalue weighted by molar-refractivity contribution is 1.19. The average molecular weight is 588 g/mol. The van der Waals surface area contributed by atoms with E-state index in [1.54, 1.807) is 0 Å². The van der Waals surface area contributed by atoms with Crippen molar-refractivity contribution in [3.8, 4) is 5.69 Å². The molecule has 0 bridgehead atoms. The van der Waals surface area contributed by atoms with E-state index < -0.39 is 0 Å². The highest BCUT2D eigenvalue weighted by Gasteiger charge is 2.19. The minimum Gasteiger partial charge on any atom is -0.308 e. The van der Waals surface area contributed by atoms with Gasteiger partial charge in [-0.1, -0.05) is 133 Å². The van der Waals surface area contributed by atoms with Crippen molar-refractivity contribution < 1.29 is 0 Å². The number of benzene rings is 6. The van der Waals surface area contributed by atoms with Crippen LogP contribution >= 0.6 is 11.3 Å². The molecule has 0 unspecified atom stereocenters. The quantitative estimate of drug-likeness (QED) is 0.190. The van der Waals surface area contributed by atoms with E-state index in [0.29, 0.717) is 0 Å². The van der Waals surface area contributed by atoms with Gasteiger partial charge in [-0.25, -0.2) is 0 Å². The second-order valence-corrected chi connectivity index (χ2v) is 12.4. The van der Waals surface area contributed by atoms with E-state index in [2.05, 4.69) is 160 Å². The van der Waals surface area contributed by atoms with Crippen LogP contribution < -0.4 is 0 Å². The van der Waals surface area contributed by atoms with E-state index in [0.717, 1.165) is 5.57 Å². The summed E-state index contributed by atoms with van der Waals surface area (Å²) in [5.74, 6) is 0. The Morgan fingerprint density at radius 2 is 1.18 bits per heavy atom. The Morgan fingerprint density at radius 3 is 1.80 bits per heavy atom. The summed E-state index contributed by atoms with van der Waals surface area (Å²) in [6.07, 6.45) is 0. The van der Waals surface area contributed by atoms with Gasteiger partial charge in [-0.3, -0.25) is 0 Å². The second-order valence-electron chi connectivity index (χ2n) is 11.4. The second kappa shape index (κ2) is 12.8. The summed E-state index contributed by atoms with van der Waals surface area (Å²) in [5.41, 5.74) is 10.1. The predicted molar refractivity (Wildman–Crippen MR) is 195 cm³/mol. The lowest BCUT2D eigenvalue weighted by Crippen LogP contribution is -1.94. The fourth-order valence-electron chi connectivity index (χ4n) is 5.59. The number of aryl methyl sites for hydroxylation is 3. The van der Waals surface area contributed by atoms with Gasteiger partial charge >= 0.3 is 0 Å². The Labute approximate surface area is 264 Å². The maximum Gasteiger partial charge on any atom is 0.0734 e. The molecule has 216 valence electrons. The molecule has 0 aliphatic heterocycles. The molecule has 0 fully saturated rings. The zero-order chi connectivity index (χ0) is 30.6. The number of fused-ring (bicyclic) bond motifs is 7. The monoisotopic (exact) mass is 587 g/mol. The molecule has 1 nitrogen and oxygen atoms in total. The summed E-state index contributed by atoms with van der Waals surface area (Å²) in [5, 5.41) is 5.27. The van der Waals surface area contributed by atoms with Crippen molar-refractivity contribution in [2.45, 2.75) is 27.7 Å². The van der Waals surface area contributed by atoms with Gasteiger partial charge in [-0.15, -0.1) is 11.3 Å². The van der Waals surface area contributed by atoms with Gasteiger partial charge in [0, 0.05) is 21.2 Å². The largest absolute Gasteiger partial charge is 0.308 e. The van der Waals surface area contributed by atoms with Crippen LogP contribution in [0.5, 0.6) is 0 Å². The molecule has 0 saturated carbocycles. The molecule has 0 saturated heterocycles. The molecule has 0 N–H and O–H groups in total. The molecule has 0 aliphatic carbocycles. The number of hydrogen-bond acceptors (Lipinski definition) is 1. The van der Waals surface area contributed by atoms with Gasteiger partial charge in [0.15, 0.2) is 0 Å². The van der Waals surface area contributed by atoms with Crippen LogP contribution in [0.15, 0.2) is 146 Å². The number of allylic oxidation sites excluding steroid dienone is 1. The summed E-state index contributed by atoms with van der Waals surface area (Å²) >= 11 is 1.89. The van der Waals surface area contributed by atoms with Gasteiger partial charge in [0.1, 0.15) is 0 Å². The average Bonchev–Trinajstić information content (AvgIpc) is 3.58. The zero-order valence-electron chi connectivity index (χ0n) is 25.8. The Bertz CT molecular complexity index is 2190. The molecule has 8 aromatic rings. The summed E-state index contributed by atoms with van der Waals surface area (Å²) in [6.45, 7) is 12.5. The normalized spacial score (nSPS) is 10.8. The van der Waals surface area contributed by atoms with Gasteiger partial charge in [-0.2, -0.15) is 0 Å². The molecular formula is C42H37NS. The molecule has 0 aliphatic rings. The van der Waals surface area contributed by atoms with Gasteiger partial charge in [0.25, 0.3) is 0 Å². The molecule has 0 amide bonds. The molecule has 2 aromatic heterocycles. The minimum absolute atomic E-state index is 1.09. The number of para-hydroxylation sites is 1. The zero-order valence-corrected chi connectivity index (χ0v) is 26.7. The van der Waals surface area contributed by atoms with Crippen LogP contribution in [0.25, 0.3) is 53.2 Å². The van der Waals surface area contributed by atoms with Crippen LogP contribution in [0, 0.1) is 20.8 Å². The smallest absolute Gasteiger partial charge is 0.0734 e. The molecule has 0 spiro atoms. The lowest BCUT2D eigenvalue weighted by Gasteiger charge is -2.10. The maximum atomic E-state index is 4.08. The van der Waals surface area contributed by atoms with Gasteiger partial charge in [-0.05, 0) is 79.4 Å². The highest BCUT2D eigenvalue weighted by atomic mass is 32.1. The summed E-state index contributed by atoms with van der Waals surface area (Å²) < 4.78 is 5.13. The van der Waals surface area contributed by atoms with Crippen molar-refractivity contribution in [1.82, 2.24) is 4.57 Å². The molecule has 2 heterocycles. The fraction of sp³-hybridized carbons (Fsp3) is 0.0952. The number of aromatic nitrogens is 1. The number of rotatable bonds is 2. The van der Waals surface area contributed by atoms with Crippen LogP contribution in [0.3, 0.4) is 0 Å². The SMILES string of the molecule is C=C(C)c1ccc(-n2c3ccccc3c3sc4ccc5ccccc5c4c32)cc1.Cc1ccccc1.Cc1ccccc1C. The minimum atomic E-state index is 1.09. The van der Waals surface area contributed by atoms with E-state index in [1.165, 1.54) is 69.9 Å². The molecule has 8 rings (SSSR count). The molecule has 0 atom stereocenters. The molecular weight excluding hydrogens is 551 g/mol. The third-order valence-electron chi connectivity index (χ3n) is 8.15. The van der Waals surface area contributed by atoms with Crippen LogP contribution in [0.4, 0.5) is 0 Å². The summed E-state index contributed by atoms with van der Waals surface area (Å²) in [6, 6.07) is 49.3. The van der Waals surface area contributed by atoms with Crippen molar-refractivity contribution in [2.24, 2.45) is 0 Å². The van der Waals surface area contributed by atoms with E-state index in [1.807, 2.05) is 29.5 Å². The van der Waals surface area contributed by atoms with Gasteiger partial charge in [0.05, 0.1) is 15.7 Å². The number of thiophene rings is 1. The first kappa shape index (κ1) is 29.2. The van der Waals surface area contributed by atoms with Crippen molar-refractivity contribution in [2.75, 3.05) is 0 Å². The van der Waals surface area contributed by atoms with Crippen molar-refractivity contribution in [3.63, 3.8) is 0 Å². The van der Waals surface area contributed by atoms with Crippen molar-refractivity contribution in [3.05, 3.63) is 168 Å². The Kier molecular flexibility index (Phi) is 8.45. The number of nitrogens with zero attached hydrogens (tertiary/aromatic N) is 1. The third-order valence-corrected chi connectivity index (χ3v) is 9.33. The van der Waals surface area contributed by atoms with Gasteiger partial charge in [0.2, 0.25) is 0 Å².